The zero-order valence-electron chi connectivity index (χ0n) is 8.01. The van der Waals surface area contributed by atoms with Crippen LogP contribution in [-0.4, -0.2) is 34.6 Å². The van der Waals surface area contributed by atoms with Crippen molar-refractivity contribution in [2.75, 3.05) is 23.3 Å². The molecule has 0 fully saturated rings. The summed E-state index contributed by atoms with van der Waals surface area (Å²) >= 11 is 3.03. The van der Waals surface area contributed by atoms with Crippen LogP contribution < -0.4 is 4.90 Å². The first kappa shape index (κ1) is 13.1. The van der Waals surface area contributed by atoms with Gasteiger partial charge >= 0.3 is 6.18 Å². The summed E-state index contributed by atoms with van der Waals surface area (Å²) in [6.07, 6.45) is -2.68. The SMILES string of the molecule is Fc1cnc(N(CCBr)CC(F)(F)F)nc1. The van der Waals surface area contributed by atoms with E-state index in [2.05, 4.69) is 25.9 Å². The summed E-state index contributed by atoms with van der Waals surface area (Å²) in [5.74, 6) is -0.826. The highest BCUT2D eigenvalue weighted by molar-refractivity contribution is 9.09. The van der Waals surface area contributed by atoms with Gasteiger partial charge in [0.05, 0.1) is 12.4 Å². The zero-order valence-corrected chi connectivity index (χ0v) is 9.59. The molecule has 0 bridgehead atoms. The van der Waals surface area contributed by atoms with Gasteiger partial charge in [0.15, 0.2) is 5.82 Å². The van der Waals surface area contributed by atoms with Crippen molar-refractivity contribution in [3.8, 4) is 0 Å². The Morgan fingerprint density at radius 1 is 1.25 bits per heavy atom. The van der Waals surface area contributed by atoms with Crippen LogP contribution in [0.15, 0.2) is 12.4 Å². The van der Waals surface area contributed by atoms with Gasteiger partial charge in [-0.25, -0.2) is 14.4 Å². The van der Waals surface area contributed by atoms with Gasteiger partial charge < -0.3 is 4.90 Å². The summed E-state index contributed by atoms with van der Waals surface area (Å²) in [5, 5.41) is 0.337. The molecule has 0 radical (unpaired) electrons. The fourth-order valence-corrected chi connectivity index (χ4v) is 1.47. The van der Waals surface area contributed by atoms with E-state index in [-0.39, 0.29) is 12.5 Å². The Balaban J connectivity index is 2.80. The van der Waals surface area contributed by atoms with Crippen LogP contribution in [0.1, 0.15) is 0 Å². The molecule has 0 saturated heterocycles. The maximum absolute atomic E-state index is 12.5. The first-order valence-corrected chi connectivity index (χ1v) is 5.40. The molecular formula is C8H8BrF4N3. The summed E-state index contributed by atoms with van der Waals surface area (Å²) in [5.41, 5.74) is 0. The first-order chi connectivity index (χ1) is 7.42. The molecule has 3 nitrogen and oxygen atoms in total. The van der Waals surface area contributed by atoms with Crippen molar-refractivity contribution in [3.63, 3.8) is 0 Å². The van der Waals surface area contributed by atoms with Crippen molar-refractivity contribution in [1.29, 1.82) is 0 Å². The van der Waals surface area contributed by atoms with Gasteiger partial charge in [-0.3, -0.25) is 0 Å². The molecule has 0 aliphatic rings. The Kier molecular flexibility index (Phi) is 4.45. The van der Waals surface area contributed by atoms with Crippen molar-refractivity contribution in [1.82, 2.24) is 9.97 Å². The van der Waals surface area contributed by atoms with Gasteiger partial charge in [0.25, 0.3) is 0 Å². The monoisotopic (exact) mass is 301 g/mol. The smallest absolute Gasteiger partial charge is 0.331 e. The van der Waals surface area contributed by atoms with E-state index in [4.69, 9.17) is 0 Å². The molecule has 0 aromatic carbocycles. The summed E-state index contributed by atoms with van der Waals surface area (Å²) in [6.45, 7) is -1.07. The van der Waals surface area contributed by atoms with Crippen LogP contribution in [0.5, 0.6) is 0 Å². The van der Waals surface area contributed by atoms with E-state index in [0.717, 1.165) is 17.3 Å². The molecule has 0 aliphatic heterocycles. The number of hydrogen-bond donors (Lipinski definition) is 0. The minimum Gasteiger partial charge on any atom is -0.331 e. The first-order valence-electron chi connectivity index (χ1n) is 4.27. The van der Waals surface area contributed by atoms with Crippen molar-refractivity contribution < 1.29 is 17.6 Å². The molecule has 0 atom stereocenters. The van der Waals surface area contributed by atoms with E-state index >= 15 is 0 Å². The Bertz CT molecular complexity index is 327. The largest absolute Gasteiger partial charge is 0.406 e. The van der Waals surface area contributed by atoms with Gasteiger partial charge in [-0.15, -0.1) is 0 Å². The van der Waals surface area contributed by atoms with Crippen LogP contribution in [0.25, 0.3) is 0 Å². The quantitative estimate of drug-likeness (QED) is 0.631. The van der Waals surface area contributed by atoms with E-state index in [0.29, 0.717) is 5.33 Å². The van der Waals surface area contributed by atoms with Crippen molar-refractivity contribution in [2.45, 2.75) is 6.18 Å². The second-order valence-electron chi connectivity index (χ2n) is 2.93. The van der Waals surface area contributed by atoms with Crippen LogP contribution in [-0.2, 0) is 0 Å². The molecule has 0 unspecified atom stereocenters. The van der Waals surface area contributed by atoms with Gasteiger partial charge in [0.1, 0.15) is 6.54 Å². The fourth-order valence-electron chi connectivity index (χ4n) is 1.04. The van der Waals surface area contributed by atoms with Crippen LogP contribution >= 0.6 is 15.9 Å². The lowest BCUT2D eigenvalue weighted by atomic mass is 10.5. The number of hydrogen-bond acceptors (Lipinski definition) is 3. The van der Waals surface area contributed by atoms with Crippen molar-refractivity contribution in [2.24, 2.45) is 0 Å². The summed E-state index contributed by atoms with van der Waals surface area (Å²) < 4.78 is 49.1. The Hall–Kier alpha value is -0.920. The highest BCUT2D eigenvalue weighted by atomic mass is 79.9. The molecule has 1 aromatic heterocycles. The van der Waals surface area contributed by atoms with Crippen LogP contribution in [0.4, 0.5) is 23.5 Å². The predicted molar refractivity (Wildman–Crippen MR) is 54.1 cm³/mol. The van der Waals surface area contributed by atoms with Crippen LogP contribution in [0.3, 0.4) is 0 Å². The third-order valence-corrected chi connectivity index (χ3v) is 1.97. The van der Waals surface area contributed by atoms with Gasteiger partial charge in [-0.05, 0) is 0 Å². The minimum atomic E-state index is -4.35. The lowest BCUT2D eigenvalue weighted by Crippen LogP contribution is -2.36. The van der Waals surface area contributed by atoms with Gasteiger partial charge in [0.2, 0.25) is 5.95 Å². The molecule has 90 valence electrons. The van der Waals surface area contributed by atoms with Gasteiger partial charge in [0, 0.05) is 11.9 Å². The highest BCUT2D eigenvalue weighted by Gasteiger charge is 2.31. The van der Waals surface area contributed by atoms with E-state index in [1.165, 1.54) is 0 Å². The summed E-state index contributed by atoms with van der Waals surface area (Å²) in [6, 6.07) is 0. The number of rotatable bonds is 4. The third kappa shape index (κ3) is 4.30. The third-order valence-electron chi connectivity index (χ3n) is 1.61. The lowest BCUT2D eigenvalue weighted by molar-refractivity contribution is -0.119. The molecule has 0 aliphatic carbocycles. The normalized spacial score (nSPS) is 11.6. The minimum absolute atomic E-state index is 0.0884. The molecule has 0 spiro atoms. The van der Waals surface area contributed by atoms with Crippen molar-refractivity contribution >= 4 is 21.9 Å². The van der Waals surface area contributed by atoms with Crippen LogP contribution in [0.2, 0.25) is 0 Å². The highest BCUT2D eigenvalue weighted by Crippen LogP contribution is 2.19. The fraction of sp³-hybridized carbons (Fsp3) is 0.500. The summed E-state index contributed by atoms with van der Waals surface area (Å²) in [4.78, 5) is 7.93. The second kappa shape index (κ2) is 5.42. The van der Waals surface area contributed by atoms with Gasteiger partial charge in [-0.1, -0.05) is 15.9 Å². The maximum atomic E-state index is 12.5. The average molecular weight is 302 g/mol. The van der Waals surface area contributed by atoms with E-state index in [1.807, 2.05) is 0 Å². The molecule has 0 N–H and O–H groups in total. The molecular weight excluding hydrogens is 294 g/mol. The lowest BCUT2D eigenvalue weighted by Gasteiger charge is -2.22. The molecule has 1 aromatic rings. The second-order valence-corrected chi connectivity index (χ2v) is 3.72. The standard InChI is InChI=1S/C8H8BrF4N3/c9-1-2-16(5-8(11,12)13)7-14-3-6(10)4-15-7/h3-4H,1-2,5H2. The number of aromatic nitrogens is 2. The molecule has 16 heavy (non-hydrogen) atoms. The Morgan fingerprint density at radius 3 is 2.25 bits per heavy atom. The van der Waals surface area contributed by atoms with E-state index in [9.17, 15) is 17.6 Å². The predicted octanol–water partition coefficient (Wildman–Crippen LogP) is 2.38. The number of anilines is 1. The Morgan fingerprint density at radius 2 is 1.81 bits per heavy atom. The topological polar surface area (TPSA) is 29.0 Å². The molecule has 1 heterocycles. The average Bonchev–Trinajstić information content (AvgIpc) is 2.16. The van der Waals surface area contributed by atoms with E-state index in [1.54, 1.807) is 0 Å². The molecule has 1 rings (SSSR count). The maximum Gasteiger partial charge on any atom is 0.406 e. The zero-order chi connectivity index (χ0) is 12.2. The van der Waals surface area contributed by atoms with Crippen molar-refractivity contribution in [3.05, 3.63) is 18.2 Å². The molecule has 0 saturated carbocycles. The van der Waals surface area contributed by atoms with Crippen LogP contribution in [0, 0.1) is 5.82 Å². The number of alkyl halides is 4. The summed E-state index contributed by atoms with van der Waals surface area (Å²) in [7, 11) is 0. The van der Waals surface area contributed by atoms with E-state index < -0.39 is 18.5 Å². The van der Waals surface area contributed by atoms with Gasteiger partial charge in [-0.2, -0.15) is 13.2 Å². The Labute approximate surface area is 97.6 Å². The number of halogens is 5. The molecule has 0 amide bonds. The molecule has 8 heteroatoms. The number of nitrogens with zero attached hydrogens (tertiary/aromatic N) is 3.